The molecule has 1 saturated carbocycles. The predicted octanol–water partition coefficient (Wildman–Crippen LogP) is 3.35. The second-order valence-electron chi connectivity index (χ2n) is 4.89. The minimum absolute atomic E-state index is 0.0591. The van der Waals surface area contributed by atoms with Crippen molar-refractivity contribution in [3.05, 3.63) is 34.6 Å². The third-order valence-electron chi connectivity index (χ3n) is 3.44. The van der Waals surface area contributed by atoms with Crippen LogP contribution in [0.15, 0.2) is 18.2 Å². The van der Waals surface area contributed by atoms with Gasteiger partial charge in [-0.25, -0.2) is 4.39 Å². The van der Waals surface area contributed by atoms with Crippen LogP contribution in [0.25, 0.3) is 0 Å². The zero-order valence-corrected chi connectivity index (χ0v) is 11.5. The Morgan fingerprint density at radius 2 is 2.22 bits per heavy atom. The Labute approximate surface area is 113 Å². The summed E-state index contributed by atoms with van der Waals surface area (Å²) in [5.41, 5.74) is 6.50. The highest BCUT2D eigenvalue weighted by Gasteiger charge is 2.34. The van der Waals surface area contributed by atoms with Gasteiger partial charge in [0.15, 0.2) is 0 Å². The van der Waals surface area contributed by atoms with Gasteiger partial charge in [0.05, 0.1) is 6.04 Å². The van der Waals surface area contributed by atoms with Crippen LogP contribution in [0.4, 0.5) is 4.39 Å². The number of halogens is 2. The smallest absolute Gasteiger partial charge is 0.128 e. The monoisotopic (exact) mass is 270 g/mol. The van der Waals surface area contributed by atoms with Crippen LogP contribution in [-0.4, -0.2) is 24.0 Å². The molecule has 2 nitrogen and oxygen atoms in total. The lowest BCUT2D eigenvalue weighted by Gasteiger charge is -2.31. The van der Waals surface area contributed by atoms with Crippen LogP contribution in [0.5, 0.6) is 0 Å². The lowest BCUT2D eigenvalue weighted by Crippen LogP contribution is -2.36. The van der Waals surface area contributed by atoms with Crippen molar-refractivity contribution in [1.29, 1.82) is 0 Å². The quantitative estimate of drug-likeness (QED) is 0.859. The van der Waals surface area contributed by atoms with Crippen LogP contribution in [0.1, 0.15) is 37.8 Å². The highest BCUT2D eigenvalue weighted by molar-refractivity contribution is 6.30. The molecule has 2 N–H and O–H groups in total. The third kappa shape index (κ3) is 3.02. The second-order valence-corrected chi connectivity index (χ2v) is 5.32. The Hall–Kier alpha value is -0.640. The summed E-state index contributed by atoms with van der Waals surface area (Å²) in [6.45, 7) is 3.52. The lowest BCUT2D eigenvalue weighted by atomic mass is 10.0. The van der Waals surface area contributed by atoms with Crippen molar-refractivity contribution in [3.8, 4) is 0 Å². The van der Waals surface area contributed by atoms with E-state index in [4.69, 9.17) is 17.3 Å². The molecule has 2 rings (SSSR count). The highest BCUT2D eigenvalue weighted by atomic mass is 35.5. The van der Waals surface area contributed by atoms with Gasteiger partial charge in [0, 0.05) is 23.2 Å². The Morgan fingerprint density at radius 3 is 2.78 bits per heavy atom. The summed E-state index contributed by atoms with van der Waals surface area (Å²) in [7, 11) is 0. The van der Waals surface area contributed by atoms with Gasteiger partial charge in [0.25, 0.3) is 0 Å². The van der Waals surface area contributed by atoms with Gasteiger partial charge in [-0.15, -0.1) is 0 Å². The number of hydrogen-bond donors (Lipinski definition) is 1. The first-order valence-corrected chi connectivity index (χ1v) is 6.96. The Morgan fingerprint density at radius 1 is 1.50 bits per heavy atom. The average molecular weight is 271 g/mol. The minimum atomic E-state index is -0.211. The van der Waals surface area contributed by atoms with E-state index in [1.807, 2.05) is 0 Å². The van der Waals surface area contributed by atoms with E-state index >= 15 is 0 Å². The van der Waals surface area contributed by atoms with Gasteiger partial charge in [-0.1, -0.05) is 18.5 Å². The maximum atomic E-state index is 14.0. The summed E-state index contributed by atoms with van der Waals surface area (Å²) < 4.78 is 14.0. The molecule has 0 bridgehead atoms. The van der Waals surface area contributed by atoms with Crippen LogP contribution in [-0.2, 0) is 0 Å². The first-order valence-electron chi connectivity index (χ1n) is 6.58. The molecule has 1 aromatic carbocycles. The molecule has 1 unspecified atom stereocenters. The molecule has 4 heteroatoms. The molecule has 18 heavy (non-hydrogen) atoms. The number of rotatable bonds is 6. The van der Waals surface area contributed by atoms with Crippen LogP contribution < -0.4 is 5.73 Å². The van der Waals surface area contributed by atoms with Crippen molar-refractivity contribution in [3.63, 3.8) is 0 Å². The Bertz CT molecular complexity index is 407. The topological polar surface area (TPSA) is 29.3 Å². The molecule has 1 aliphatic carbocycles. The van der Waals surface area contributed by atoms with Gasteiger partial charge in [0.1, 0.15) is 5.82 Å². The van der Waals surface area contributed by atoms with E-state index < -0.39 is 0 Å². The molecule has 100 valence electrons. The molecule has 1 fully saturated rings. The molecule has 0 amide bonds. The molecule has 0 heterocycles. The highest BCUT2D eigenvalue weighted by Crippen LogP contribution is 2.35. The summed E-state index contributed by atoms with van der Waals surface area (Å²) in [6.07, 6.45) is 3.44. The first kappa shape index (κ1) is 13.8. The summed E-state index contributed by atoms with van der Waals surface area (Å²) in [5, 5.41) is 0.567. The van der Waals surface area contributed by atoms with Crippen molar-refractivity contribution >= 4 is 11.6 Å². The SMILES string of the molecule is CCCN(C1CC1)C(CN)c1cc(Cl)ccc1F. The molecule has 0 radical (unpaired) electrons. The van der Waals surface area contributed by atoms with Gasteiger partial charge in [-0.3, -0.25) is 4.90 Å². The summed E-state index contributed by atoms with van der Waals surface area (Å²) >= 11 is 5.97. The third-order valence-corrected chi connectivity index (χ3v) is 3.67. The number of hydrogen-bond acceptors (Lipinski definition) is 2. The van der Waals surface area contributed by atoms with Gasteiger partial charge in [-0.2, -0.15) is 0 Å². The second kappa shape index (κ2) is 6.00. The molecule has 1 aliphatic rings. The molecular formula is C14H20ClFN2. The van der Waals surface area contributed by atoms with Crippen molar-refractivity contribution < 1.29 is 4.39 Å². The van der Waals surface area contributed by atoms with E-state index in [-0.39, 0.29) is 11.9 Å². The lowest BCUT2D eigenvalue weighted by molar-refractivity contribution is 0.188. The Balaban J connectivity index is 2.27. The fourth-order valence-electron chi connectivity index (χ4n) is 2.47. The van der Waals surface area contributed by atoms with Crippen LogP contribution in [0, 0.1) is 5.82 Å². The maximum absolute atomic E-state index is 14.0. The van der Waals surface area contributed by atoms with E-state index in [2.05, 4.69) is 11.8 Å². The average Bonchev–Trinajstić information content (AvgIpc) is 3.17. The van der Waals surface area contributed by atoms with Gasteiger partial charge < -0.3 is 5.73 Å². The van der Waals surface area contributed by atoms with Crippen molar-refractivity contribution in [2.24, 2.45) is 5.73 Å². The van der Waals surface area contributed by atoms with E-state index in [9.17, 15) is 4.39 Å². The fraction of sp³-hybridized carbons (Fsp3) is 0.571. The number of nitrogens with zero attached hydrogens (tertiary/aromatic N) is 1. The van der Waals surface area contributed by atoms with Gasteiger partial charge >= 0.3 is 0 Å². The van der Waals surface area contributed by atoms with Crippen LogP contribution in [0.3, 0.4) is 0 Å². The molecule has 0 saturated heterocycles. The standard InChI is InChI=1S/C14H20ClFN2/c1-2-7-18(11-4-5-11)14(9-17)12-8-10(15)3-6-13(12)16/h3,6,8,11,14H,2,4-5,7,9,17H2,1H3. The van der Waals surface area contributed by atoms with Crippen LogP contribution >= 0.6 is 11.6 Å². The molecule has 0 aromatic heterocycles. The minimum Gasteiger partial charge on any atom is -0.329 e. The summed E-state index contributed by atoms with van der Waals surface area (Å²) in [4.78, 5) is 2.33. The predicted molar refractivity (Wildman–Crippen MR) is 73.2 cm³/mol. The van der Waals surface area contributed by atoms with Crippen molar-refractivity contribution in [2.45, 2.75) is 38.3 Å². The molecule has 0 aliphatic heterocycles. The summed E-state index contributed by atoms with van der Waals surface area (Å²) in [5.74, 6) is -0.211. The molecule has 1 atom stereocenters. The maximum Gasteiger partial charge on any atom is 0.128 e. The van der Waals surface area contributed by atoms with Crippen molar-refractivity contribution in [2.75, 3.05) is 13.1 Å². The zero-order valence-electron chi connectivity index (χ0n) is 10.7. The fourth-order valence-corrected chi connectivity index (χ4v) is 2.65. The molecule has 1 aromatic rings. The summed E-state index contributed by atoms with van der Waals surface area (Å²) in [6, 6.07) is 5.22. The van der Waals surface area contributed by atoms with E-state index in [1.54, 1.807) is 12.1 Å². The van der Waals surface area contributed by atoms with E-state index in [0.29, 0.717) is 23.2 Å². The van der Waals surface area contributed by atoms with Gasteiger partial charge in [-0.05, 0) is 44.0 Å². The molecular weight excluding hydrogens is 251 g/mol. The molecule has 0 spiro atoms. The van der Waals surface area contributed by atoms with Crippen LogP contribution in [0.2, 0.25) is 5.02 Å². The van der Waals surface area contributed by atoms with Crippen molar-refractivity contribution in [1.82, 2.24) is 4.90 Å². The number of nitrogens with two attached hydrogens (primary N) is 1. The first-order chi connectivity index (χ1) is 8.67. The van der Waals surface area contributed by atoms with E-state index in [0.717, 1.165) is 13.0 Å². The number of benzene rings is 1. The normalized spacial score (nSPS) is 17.2. The zero-order chi connectivity index (χ0) is 13.1. The Kier molecular flexibility index (Phi) is 4.60. The van der Waals surface area contributed by atoms with E-state index in [1.165, 1.54) is 18.9 Å². The largest absolute Gasteiger partial charge is 0.329 e. The van der Waals surface area contributed by atoms with Gasteiger partial charge in [0.2, 0.25) is 0 Å².